The summed E-state index contributed by atoms with van der Waals surface area (Å²) in [4.78, 5) is 18.0. The van der Waals surface area contributed by atoms with Gasteiger partial charge in [0.2, 0.25) is 0 Å². The number of carbonyl (C=O) groups excluding carboxylic acids is 1. The molecule has 1 aromatic heterocycles. The minimum Gasteiger partial charge on any atom is -0.336 e. The van der Waals surface area contributed by atoms with Crippen LogP contribution in [0.4, 0.5) is 4.39 Å². The van der Waals surface area contributed by atoms with E-state index in [1.165, 1.54) is 17.0 Å². The Labute approximate surface area is 155 Å². The average molecular weight is 462 g/mol. The fraction of sp³-hybridized carbons (Fsp3) is 0.312. The Morgan fingerprint density at radius 2 is 1.87 bits per heavy atom. The molecule has 1 saturated heterocycles. The molecule has 7 heteroatoms. The lowest BCUT2D eigenvalue weighted by Crippen LogP contribution is -2.48. The Bertz CT molecular complexity index is 714. The quantitative estimate of drug-likeness (QED) is 0.677. The van der Waals surface area contributed by atoms with Crippen LogP contribution in [0.2, 0.25) is 0 Å². The number of nitrogens with zero attached hydrogens (tertiary/aromatic N) is 2. The predicted octanol–water partition coefficient (Wildman–Crippen LogP) is 4.37. The first-order chi connectivity index (χ1) is 11.0. The molecule has 0 bridgehead atoms. The zero-order valence-electron chi connectivity index (χ0n) is 12.3. The lowest BCUT2D eigenvalue weighted by atomic mass is 10.1. The Balaban J connectivity index is 1.60. The van der Waals surface area contributed by atoms with Crippen molar-refractivity contribution in [2.45, 2.75) is 6.54 Å². The molecule has 0 radical (unpaired) electrons. The maximum Gasteiger partial charge on any atom is 0.255 e. The van der Waals surface area contributed by atoms with Crippen LogP contribution in [0.1, 0.15) is 15.2 Å². The molecule has 1 amide bonds. The van der Waals surface area contributed by atoms with E-state index in [1.807, 2.05) is 0 Å². The molecule has 2 heterocycles. The summed E-state index contributed by atoms with van der Waals surface area (Å²) in [6.45, 7) is 3.88. The van der Waals surface area contributed by atoms with E-state index in [0.717, 1.165) is 23.4 Å². The lowest BCUT2D eigenvalue weighted by Gasteiger charge is -2.34. The Morgan fingerprint density at radius 3 is 2.52 bits per heavy atom. The largest absolute Gasteiger partial charge is 0.336 e. The highest BCUT2D eigenvalue weighted by Gasteiger charge is 2.24. The minimum absolute atomic E-state index is 0.116. The normalized spacial score (nSPS) is 15.9. The molecule has 1 fully saturated rings. The third-order valence-corrected chi connectivity index (χ3v) is 6.13. The number of hydrogen-bond acceptors (Lipinski definition) is 3. The molecule has 0 N–H and O–H groups in total. The van der Waals surface area contributed by atoms with Crippen molar-refractivity contribution < 1.29 is 9.18 Å². The summed E-state index contributed by atoms with van der Waals surface area (Å²) in [5, 5.41) is 0. The van der Waals surface area contributed by atoms with Gasteiger partial charge in [-0.05, 0) is 62.2 Å². The highest BCUT2D eigenvalue weighted by atomic mass is 79.9. The van der Waals surface area contributed by atoms with Crippen LogP contribution in [-0.2, 0) is 6.54 Å². The molecule has 3 rings (SSSR count). The van der Waals surface area contributed by atoms with Crippen LogP contribution < -0.4 is 0 Å². The van der Waals surface area contributed by atoms with Crippen LogP contribution in [-0.4, -0.2) is 41.9 Å². The van der Waals surface area contributed by atoms with E-state index in [-0.39, 0.29) is 5.91 Å². The summed E-state index contributed by atoms with van der Waals surface area (Å²) in [5.41, 5.74) is 0.389. The van der Waals surface area contributed by atoms with Gasteiger partial charge >= 0.3 is 0 Å². The van der Waals surface area contributed by atoms with E-state index in [0.29, 0.717) is 23.1 Å². The van der Waals surface area contributed by atoms with Crippen molar-refractivity contribution in [2.75, 3.05) is 26.2 Å². The molecular formula is C16H15Br2FN2OS. The zero-order chi connectivity index (χ0) is 16.4. The number of amides is 1. The van der Waals surface area contributed by atoms with E-state index < -0.39 is 5.82 Å². The Hall–Kier alpha value is -0.760. The summed E-state index contributed by atoms with van der Waals surface area (Å²) in [5.74, 6) is -0.506. The van der Waals surface area contributed by atoms with Gasteiger partial charge in [0, 0.05) is 42.1 Å². The number of piperazine rings is 1. The zero-order valence-corrected chi connectivity index (χ0v) is 16.3. The van der Waals surface area contributed by atoms with Crippen molar-refractivity contribution in [1.82, 2.24) is 9.80 Å². The van der Waals surface area contributed by atoms with E-state index in [1.54, 1.807) is 22.3 Å². The van der Waals surface area contributed by atoms with E-state index in [2.05, 4.69) is 48.9 Å². The van der Waals surface area contributed by atoms with Crippen LogP contribution in [0.3, 0.4) is 0 Å². The molecule has 1 aromatic carbocycles. The first-order valence-electron chi connectivity index (χ1n) is 7.24. The molecule has 0 aliphatic carbocycles. The van der Waals surface area contributed by atoms with Crippen molar-refractivity contribution in [3.05, 3.63) is 54.8 Å². The Morgan fingerprint density at radius 1 is 1.13 bits per heavy atom. The van der Waals surface area contributed by atoms with E-state index in [9.17, 15) is 9.18 Å². The number of hydrogen-bond donors (Lipinski definition) is 0. The molecule has 0 saturated carbocycles. The molecule has 0 atom stereocenters. The smallest absolute Gasteiger partial charge is 0.255 e. The molecule has 0 spiro atoms. The summed E-state index contributed by atoms with van der Waals surface area (Å²) in [6, 6.07) is 8.39. The number of rotatable bonds is 3. The molecule has 122 valence electrons. The third kappa shape index (κ3) is 4.21. The highest BCUT2D eigenvalue weighted by molar-refractivity contribution is 9.11. The molecular weight excluding hydrogens is 447 g/mol. The Kier molecular flexibility index (Phi) is 5.51. The third-order valence-electron chi connectivity index (χ3n) is 3.83. The van der Waals surface area contributed by atoms with Crippen molar-refractivity contribution >= 4 is 49.1 Å². The fourth-order valence-electron chi connectivity index (χ4n) is 2.60. The van der Waals surface area contributed by atoms with Gasteiger partial charge in [-0.3, -0.25) is 9.69 Å². The topological polar surface area (TPSA) is 23.6 Å². The van der Waals surface area contributed by atoms with E-state index >= 15 is 0 Å². The first kappa shape index (κ1) is 17.1. The number of carbonyl (C=O) groups is 1. The standard InChI is InChI=1S/C16H15Br2FN2OS/c17-14-3-1-11(19)9-13(14)16(22)21-7-5-20(6-8-21)10-12-2-4-15(18)23-12/h1-4,9H,5-8,10H2. The van der Waals surface area contributed by atoms with Crippen LogP contribution >= 0.6 is 43.2 Å². The van der Waals surface area contributed by atoms with E-state index in [4.69, 9.17) is 0 Å². The van der Waals surface area contributed by atoms with Crippen molar-refractivity contribution in [3.63, 3.8) is 0 Å². The van der Waals surface area contributed by atoms with Gasteiger partial charge < -0.3 is 4.90 Å². The molecule has 2 aromatic rings. The number of halogens is 3. The monoisotopic (exact) mass is 460 g/mol. The second-order valence-corrected chi connectivity index (χ2v) is 8.80. The summed E-state index contributed by atoms with van der Waals surface area (Å²) in [6.07, 6.45) is 0. The predicted molar refractivity (Wildman–Crippen MR) is 97.3 cm³/mol. The van der Waals surface area contributed by atoms with Gasteiger partial charge in [-0.25, -0.2) is 4.39 Å². The van der Waals surface area contributed by atoms with Crippen LogP contribution in [0.15, 0.2) is 38.6 Å². The molecule has 0 unspecified atom stereocenters. The highest BCUT2D eigenvalue weighted by Crippen LogP contribution is 2.24. The minimum atomic E-state index is -0.390. The number of benzene rings is 1. The summed E-state index contributed by atoms with van der Waals surface area (Å²) in [7, 11) is 0. The van der Waals surface area contributed by atoms with Crippen molar-refractivity contribution in [3.8, 4) is 0 Å². The van der Waals surface area contributed by atoms with Gasteiger partial charge in [-0.1, -0.05) is 0 Å². The maximum atomic E-state index is 13.4. The first-order valence-corrected chi connectivity index (χ1v) is 9.64. The summed E-state index contributed by atoms with van der Waals surface area (Å²) < 4.78 is 15.1. The van der Waals surface area contributed by atoms with Gasteiger partial charge in [-0.2, -0.15) is 0 Å². The van der Waals surface area contributed by atoms with Crippen LogP contribution in [0, 0.1) is 5.82 Å². The maximum absolute atomic E-state index is 13.4. The molecule has 1 aliphatic heterocycles. The SMILES string of the molecule is O=C(c1cc(F)ccc1Br)N1CCN(Cc2ccc(Br)s2)CC1. The lowest BCUT2D eigenvalue weighted by molar-refractivity contribution is 0.0628. The molecule has 23 heavy (non-hydrogen) atoms. The fourth-order valence-corrected chi connectivity index (χ4v) is 4.54. The second kappa shape index (κ2) is 7.42. The van der Waals surface area contributed by atoms with Crippen LogP contribution in [0.5, 0.6) is 0 Å². The van der Waals surface area contributed by atoms with Gasteiger partial charge in [0.05, 0.1) is 9.35 Å². The average Bonchev–Trinajstić information content (AvgIpc) is 2.95. The second-order valence-electron chi connectivity index (χ2n) is 5.40. The van der Waals surface area contributed by atoms with Gasteiger partial charge in [0.15, 0.2) is 0 Å². The molecule has 1 aliphatic rings. The van der Waals surface area contributed by atoms with Crippen LogP contribution in [0.25, 0.3) is 0 Å². The molecule has 3 nitrogen and oxygen atoms in total. The van der Waals surface area contributed by atoms with Gasteiger partial charge in [0.1, 0.15) is 5.82 Å². The van der Waals surface area contributed by atoms with Gasteiger partial charge in [0.25, 0.3) is 5.91 Å². The number of thiophene rings is 1. The van der Waals surface area contributed by atoms with Gasteiger partial charge in [-0.15, -0.1) is 11.3 Å². The van der Waals surface area contributed by atoms with Crippen molar-refractivity contribution in [2.24, 2.45) is 0 Å². The summed E-state index contributed by atoms with van der Waals surface area (Å²) >= 11 is 8.54. The van der Waals surface area contributed by atoms with Crippen molar-refractivity contribution in [1.29, 1.82) is 0 Å².